The van der Waals surface area contributed by atoms with Gasteiger partial charge in [0.25, 0.3) is 0 Å². The lowest BCUT2D eigenvalue weighted by Gasteiger charge is -2.19. The molecule has 0 spiro atoms. The van der Waals surface area contributed by atoms with Crippen LogP contribution in [0.25, 0.3) is 0 Å². The van der Waals surface area contributed by atoms with Crippen molar-refractivity contribution in [3.63, 3.8) is 0 Å². The van der Waals surface area contributed by atoms with E-state index in [1.165, 1.54) is 0 Å². The Balaban J connectivity index is 2.23. The van der Waals surface area contributed by atoms with Crippen LogP contribution in [0.15, 0.2) is 17.5 Å². The van der Waals surface area contributed by atoms with Crippen molar-refractivity contribution in [3.8, 4) is 0 Å². The van der Waals surface area contributed by atoms with Gasteiger partial charge in [0.1, 0.15) is 0 Å². The standard InChI is InChI=1S/C12H16N4O2S/c1-8(2)10(7-12(17)18)16-11(13-14-15-16)6-9-4-3-5-19-9/h3-5,8,10H,6-7H2,1-2H3,(H,17,18). The molecule has 0 aliphatic rings. The molecule has 2 rings (SSSR count). The Bertz CT molecular complexity index is 536. The lowest BCUT2D eigenvalue weighted by Crippen LogP contribution is -2.22. The van der Waals surface area contributed by atoms with Gasteiger partial charge >= 0.3 is 5.97 Å². The van der Waals surface area contributed by atoms with Gasteiger partial charge in [-0.05, 0) is 27.8 Å². The molecule has 0 radical (unpaired) electrons. The van der Waals surface area contributed by atoms with E-state index in [4.69, 9.17) is 5.11 Å². The Labute approximate surface area is 115 Å². The number of tetrazole rings is 1. The van der Waals surface area contributed by atoms with Crippen LogP contribution in [-0.2, 0) is 11.2 Å². The van der Waals surface area contributed by atoms with E-state index >= 15 is 0 Å². The molecule has 0 bridgehead atoms. The fourth-order valence-corrected chi connectivity index (χ4v) is 2.64. The number of hydrogen-bond acceptors (Lipinski definition) is 5. The lowest BCUT2D eigenvalue weighted by atomic mass is 10.0. The van der Waals surface area contributed by atoms with E-state index in [-0.39, 0.29) is 18.4 Å². The Morgan fingerprint density at radius 1 is 1.53 bits per heavy atom. The van der Waals surface area contributed by atoms with E-state index in [2.05, 4.69) is 15.5 Å². The highest BCUT2D eigenvalue weighted by atomic mass is 32.1. The van der Waals surface area contributed by atoms with Gasteiger partial charge in [0.05, 0.1) is 12.5 Å². The summed E-state index contributed by atoms with van der Waals surface area (Å²) >= 11 is 1.64. The Morgan fingerprint density at radius 3 is 2.89 bits per heavy atom. The maximum Gasteiger partial charge on any atom is 0.305 e. The number of carboxylic acids is 1. The molecule has 0 saturated heterocycles. The fourth-order valence-electron chi connectivity index (χ4n) is 1.94. The van der Waals surface area contributed by atoms with Gasteiger partial charge in [-0.25, -0.2) is 4.68 Å². The highest BCUT2D eigenvalue weighted by Gasteiger charge is 2.23. The van der Waals surface area contributed by atoms with Crippen LogP contribution in [-0.4, -0.2) is 31.3 Å². The third kappa shape index (κ3) is 3.37. The molecular weight excluding hydrogens is 264 g/mol. The van der Waals surface area contributed by atoms with Crippen molar-refractivity contribution in [2.75, 3.05) is 0 Å². The first-order chi connectivity index (χ1) is 9.08. The molecule has 1 N–H and O–H groups in total. The third-order valence-corrected chi connectivity index (χ3v) is 3.82. The minimum atomic E-state index is -0.837. The predicted molar refractivity (Wildman–Crippen MR) is 71.1 cm³/mol. The second kappa shape index (κ2) is 5.92. The highest BCUT2D eigenvalue weighted by molar-refractivity contribution is 7.09. The SMILES string of the molecule is CC(C)C(CC(=O)O)n1nnnc1Cc1cccs1. The van der Waals surface area contributed by atoms with E-state index < -0.39 is 5.97 Å². The molecule has 1 unspecified atom stereocenters. The zero-order valence-electron chi connectivity index (χ0n) is 10.9. The number of aliphatic carboxylic acids is 1. The number of nitrogens with zero attached hydrogens (tertiary/aromatic N) is 4. The van der Waals surface area contributed by atoms with Crippen molar-refractivity contribution in [2.24, 2.45) is 5.92 Å². The van der Waals surface area contributed by atoms with Crippen LogP contribution in [0, 0.1) is 5.92 Å². The molecule has 0 amide bonds. The number of carbonyl (C=O) groups is 1. The molecule has 7 heteroatoms. The molecule has 1 atom stereocenters. The summed E-state index contributed by atoms with van der Waals surface area (Å²) in [6.45, 7) is 3.95. The Hall–Kier alpha value is -1.76. The molecule has 2 heterocycles. The van der Waals surface area contributed by atoms with Gasteiger partial charge in [-0.2, -0.15) is 0 Å². The van der Waals surface area contributed by atoms with Gasteiger partial charge in [0, 0.05) is 11.3 Å². The summed E-state index contributed by atoms with van der Waals surface area (Å²) in [5.41, 5.74) is 0. The van der Waals surface area contributed by atoms with Crippen LogP contribution in [0.1, 0.15) is 37.0 Å². The van der Waals surface area contributed by atoms with Crippen molar-refractivity contribution in [2.45, 2.75) is 32.7 Å². The second-order valence-corrected chi connectivity index (χ2v) is 5.74. The minimum absolute atomic E-state index is 0.0279. The number of rotatable bonds is 6. The lowest BCUT2D eigenvalue weighted by molar-refractivity contribution is -0.138. The summed E-state index contributed by atoms with van der Waals surface area (Å²) in [6.07, 6.45) is 0.660. The third-order valence-electron chi connectivity index (χ3n) is 2.94. The van der Waals surface area contributed by atoms with Gasteiger partial charge in [0.15, 0.2) is 5.82 Å². The number of carboxylic acid groups (broad SMARTS) is 1. The van der Waals surface area contributed by atoms with Crippen LogP contribution in [0.2, 0.25) is 0 Å². The average Bonchev–Trinajstić information content (AvgIpc) is 2.97. The van der Waals surface area contributed by atoms with Crippen molar-refractivity contribution in [1.29, 1.82) is 0 Å². The smallest absolute Gasteiger partial charge is 0.305 e. The zero-order valence-corrected chi connectivity index (χ0v) is 11.7. The van der Waals surface area contributed by atoms with E-state index in [1.807, 2.05) is 31.4 Å². The number of thiophene rings is 1. The maximum atomic E-state index is 11.0. The molecule has 0 aliphatic heterocycles. The topological polar surface area (TPSA) is 80.9 Å². The molecule has 6 nitrogen and oxygen atoms in total. The largest absolute Gasteiger partial charge is 0.481 e. The van der Waals surface area contributed by atoms with Crippen LogP contribution >= 0.6 is 11.3 Å². The summed E-state index contributed by atoms with van der Waals surface area (Å²) in [7, 11) is 0. The first kappa shape index (κ1) is 13.7. The van der Waals surface area contributed by atoms with E-state index in [9.17, 15) is 4.79 Å². The summed E-state index contributed by atoms with van der Waals surface area (Å²) in [4.78, 5) is 12.1. The van der Waals surface area contributed by atoms with E-state index in [1.54, 1.807) is 16.0 Å². The van der Waals surface area contributed by atoms with Crippen LogP contribution in [0.5, 0.6) is 0 Å². The summed E-state index contributed by atoms with van der Waals surface area (Å²) < 4.78 is 1.65. The zero-order chi connectivity index (χ0) is 13.8. The molecule has 0 aromatic carbocycles. The molecule has 2 aromatic heterocycles. The first-order valence-corrected chi connectivity index (χ1v) is 6.96. The maximum absolute atomic E-state index is 11.0. The monoisotopic (exact) mass is 280 g/mol. The molecule has 102 valence electrons. The van der Waals surface area contributed by atoms with Crippen LogP contribution in [0.3, 0.4) is 0 Å². The van der Waals surface area contributed by atoms with Crippen molar-refractivity contribution < 1.29 is 9.90 Å². The molecule has 0 saturated carbocycles. The fraction of sp³-hybridized carbons (Fsp3) is 0.500. The highest BCUT2D eigenvalue weighted by Crippen LogP contribution is 2.23. The van der Waals surface area contributed by atoms with Gasteiger partial charge in [-0.15, -0.1) is 16.4 Å². The molecule has 0 aliphatic carbocycles. The van der Waals surface area contributed by atoms with Gasteiger partial charge in [-0.1, -0.05) is 19.9 Å². The van der Waals surface area contributed by atoms with Gasteiger partial charge in [0.2, 0.25) is 0 Å². The summed E-state index contributed by atoms with van der Waals surface area (Å²) in [5.74, 6) is 0.0281. The summed E-state index contributed by atoms with van der Waals surface area (Å²) in [6, 6.07) is 3.78. The van der Waals surface area contributed by atoms with Crippen molar-refractivity contribution in [3.05, 3.63) is 28.2 Å². The van der Waals surface area contributed by atoms with E-state index in [0.717, 1.165) is 4.88 Å². The molecular formula is C12H16N4O2S. The number of aromatic nitrogens is 4. The van der Waals surface area contributed by atoms with Gasteiger partial charge in [-0.3, -0.25) is 4.79 Å². The van der Waals surface area contributed by atoms with Gasteiger partial charge < -0.3 is 5.11 Å². The van der Waals surface area contributed by atoms with Crippen LogP contribution in [0.4, 0.5) is 0 Å². The number of hydrogen-bond donors (Lipinski definition) is 1. The Morgan fingerprint density at radius 2 is 2.32 bits per heavy atom. The molecule has 19 heavy (non-hydrogen) atoms. The average molecular weight is 280 g/mol. The second-order valence-electron chi connectivity index (χ2n) is 4.71. The van der Waals surface area contributed by atoms with Crippen molar-refractivity contribution >= 4 is 17.3 Å². The van der Waals surface area contributed by atoms with Crippen molar-refractivity contribution in [1.82, 2.24) is 20.2 Å². The summed E-state index contributed by atoms with van der Waals surface area (Å²) in [5, 5.41) is 22.7. The molecule has 0 fully saturated rings. The quantitative estimate of drug-likeness (QED) is 0.875. The normalized spacial score (nSPS) is 12.8. The predicted octanol–water partition coefficient (Wildman–Crippen LogP) is 2.00. The van der Waals surface area contributed by atoms with Crippen LogP contribution < -0.4 is 0 Å². The minimum Gasteiger partial charge on any atom is -0.481 e. The first-order valence-electron chi connectivity index (χ1n) is 6.09. The molecule has 2 aromatic rings. The Kier molecular flexibility index (Phi) is 4.26. The van der Waals surface area contributed by atoms with E-state index in [0.29, 0.717) is 12.2 Å².